The Hall–Kier alpha value is -1.51. The van der Waals surface area contributed by atoms with Crippen LogP contribution in [0.2, 0.25) is 0 Å². The van der Waals surface area contributed by atoms with Gasteiger partial charge in [-0.05, 0) is 43.5 Å². The first kappa shape index (κ1) is 18.3. The summed E-state index contributed by atoms with van der Waals surface area (Å²) < 4.78 is 45.3. The van der Waals surface area contributed by atoms with E-state index < -0.39 is 15.8 Å². The Balaban J connectivity index is 1.62. The van der Waals surface area contributed by atoms with E-state index in [1.165, 1.54) is 16.4 Å². The lowest BCUT2D eigenvalue weighted by molar-refractivity contribution is -0.133. The lowest BCUT2D eigenvalue weighted by Crippen LogP contribution is -2.38. The van der Waals surface area contributed by atoms with Crippen molar-refractivity contribution in [2.24, 2.45) is 0 Å². The molecule has 0 radical (unpaired) electrons. The van der Waals surface area contributed by atoms with Gasteiger partial charge in [0.15, 0.2) is 0 Å². The summed E-state index contributed by atoms with van der Waals surface area (Å²) in [6.45, 7) is 2.22. The average molecular weight is 370 g/mol. The van der Waals surface area contributed by atoms with Gasteiger partial charge >= 0.3 is 0 Å². The van der Waals surface area contributed by atoms with Gasteiger partial charge in [0.25, 0.3) is 0 Å². The lowest BCUT2D eigenvalue weighted by Gasteiger charge is -2.23. The van der Waals surface area contributed by atoms with Crippen LogP contribution in [0, 0.1) is 5.82 Å². The molecule has 0 aliphatic carbocycles. The van der Waals surface area contributed by atoms with Crippen LogP contribution in [0.5, 0.6) is 0 Å². The fraction of sp³-hybridized carbons (Fsp3) is 0.588. The van der Waals surface area contributed by atoms with Gasteiger partial charge in [0.2, 0.25) is 15.9 Å². The highest BCUT2D eigenvalue weighted by Crippen LogP contribution is 2.20. The Kier molecular flexibility index (Phi) is 5.71. The summed E-state index contributed by atoms with van der Waals surface area (Å²) in [4.78, 5) is 14.2. The van der Waals surface area contributed by atoms with Crippen molar-refractivity contribution in [3.8, 4) is 0 Å². The monoisotopic (exact) mass is 370 g/mol. The molecule has 8 heteroatoms. The first-order valence-electron chi connectivity index (χ1n) is 8.62. The van der Waals surface area contributed by atoms with E-state index >= 15 is 0 Å². The highest BCUT2D eigenvalue weighted by Gasteiger charge is 2.29. The number of rotatable bonds is 4. The maximum atomic E-state index is 13.0. The molecule has 1 aromatic carbocycles. The minimum atomic E-state index is -3.67. The van der Waals surface area contributed by atoms with E-state index in [0.29, 0.717) is 39.1 Å². The van der Waals surface area contributed by atoms with Crippen LogP contribution in [0.1, 0.15) is 25.7 Å². The number of hydrogen-bond acceptors (Lipinski definition) is 4. The summed E-state index contributed by atoms with van der Waals surface area (Å²) in [5.41, 5.74) is 0. The van der Waals surface area contributed by atoms with E-state index in [9.17, 15) is 17.6 Å². The second kappa shape index (κ2) is 7.80. The van der Waals surface area contributed by atoms with E-state index in [1.54, 1.807) is 4.90 Å². The topological polar surface area (TPSA) is 66.9 Å². The number of hydrogen-bond donors (Lipinski definition) is 0. The number of amides is 1. The van der Waals surface area contributed by atoms with Gasteiger partial charge in [-0.3, -0.25) is 4.79 Å². The van der Waals surface area contributed by atoms with Gasteiger partial charge < -0.3 is 9.64 Å². The van der Waals surface area contributed by atoms with Crippen molar-refractivity contribution in [3.05, 3.63) is 30.1 Å². The molecule has 1 atom stereocenters. The Labute approximate surface area is 147 Å². The van der Waals surface area contributed by atoms with Crippen LogP contribution in [0.25, 0.3) is 0 Å². The summed E-state index contributed by atoms with van der Waals surface area (Å²) in [5, 5.41) is 0. The second-order valence-corrected chi connectivity index (χ2v) is 8.37. The SMILES string of the molecule is O=C(CC1CCCO1)N1CCCN(S(=O)(=O)c2ccc(F)cc2)CC1. The number of sulfonamides is 1. The van der Waals surface area contributed by atoms with Crippen molar-refractivity contribution >= 4 is 15.9 Å². The normalized spacial score (nSPS) is 22.8. The third-order valence-corrected chi connectivity index (χ3v) is 6.60. The van der Waals surface area contributed by atoms with Crippen molar-refractivity contribution in [2.45, 2.75) is 36.7 Å². The Morgan fingerprint density at radius 1 is 1.12 bits per heavy atom. The minimum absolute atomic E-state index is 0.00481. The van der Waals surface area contributed by atoms with Gasteiger partial charge in [0.05, 0.1) is 17.4 Å². The van der Waals surface area contributed by atoms with Crippen LogP contribution >= 0.6 is 0 Å². The first-order valence-corrected chi connectivity index (χ1v) is 10.1. The lowest BCUT2D eigenvalue weighted by atomic mass is 10.1. The van der Waals surface area contributed by atoms with Gasteiger partial charge in [0, 0.05) is 32.8 Å². The third kappa shape index (κ3) is 4.37. The van der Waals surface area contributed by atoms with Crippen LogP contribution in [0.15, 0.2) is 29.2 Å². The third-order valence-electron chi connectivity index (χ3n) is 4.69. The summed E-state index contributed by atoms with van der Waals surface area (Å²) in [6.07, 6.45) is 2.84. The number of benzene rings is 1. The molecular weight excluding hydrogens is 347 g/mol. The highest BCUT2D eigenvalue weighted by atomic mass is 32.2. The molecule has 2 saturated heterocycles. The predicted molar refractivity (Wildman–Crippen MR) is 89.9 cm³/mol. The Morgan fingerprint density at radius 3 is 2.56 bits per heavy atom. The van der Waals surface area contributed by atoms with Crippen LogP contribution in [0.4, 0.5) is 4.39 Å². The molecule has 0 saturated carbocycles. The largest absolute Gasteiger partial charge is 0.378 e. The predicted octanol–water partition coefficient (Wildman–Crippen LogP) is 1.62. The van der Waals surface area contributed by atoms with Gasteiger partial charge in [-0.25, -0.2) is 12.8 Å². The zero-order chi connectivity index (χ0) is 17.9. The van der Waals surface area contributed by atoms with Gasteiger partial charge in [-0.2, -0.15) is 4.31 Å². The zero-order valence-corrected chi connectivity index (χ0v) is 14.9. The minimum Gasteiger partial charge on any atom is -0.378 e. The molecule has 0 N–H and O–H groups in total. The second-order valence-electron chi connectivity index (χ2n) is 6.43. The molecule has 2 aliphatic rings. The van der Waals surface area contributed by atoms with Crippen molar-refractivity contribution in [1.29, 1.82) is 0 Å². The molecule has 0 bridgehead atoms. The summed E-state index contributed by atoms with van der Waals surface area (Å²) >= 11 is 0. The van der Waals surface area contributed by atoms with Crippen molar-refractivity contribution in [1.82, 2.24) is 9.21 Å². The van der Waals surface area contributed by atoms with Gasteiger partial charge in [-0.1, -0.05) is 0 Å². The fourth-order valence-electron chi connectivity index (χ4n) is 3.27. The summed E-state index contributed by atoms with van der Waals surface area (Å²) in [7, 11) is -3.67. The Morgan fingerprint density at radius 2 is 1.88 bits per heavy atom. The van der Waals surface area contributed by atoms with Crippen molar-refractivity contribution in [3.63, 3.8) is 0 Å². The molecule has 2 heterocycles. The van der Waals surface area contributed by atoms with Crippen molar-refractivity contribution < 1.29 is 22.3 Å². The van der Waals surface area contributed by atoms with Crippen LogP contribution in [0.3, 0.4) is 0 Å². The number of carbonyl (C=O) groups is 1. The molecule has 1 aromatic rings. The quantitative estimate of drug-likeness (QED) is 0.808. The van der Waals surface area contributed by atoms with E-state index in [-0.39, 0.29) is 23.5 Å². The molecule has 2 aliphatic heterocycles. The average Bonchev–Trinajstić information content (AvgIpc) is 2.95. The molecule has 138 valence electrons. The Bertz CT molecular complexity index is 702. The fourth-order valence-corrected chi connectivity index (χ4v) is 4.74. The van der Waals surface area contributed by atoms with Gasteiger partial charge in [-0.15, -0.1) is 0 Å². The molecule has 25 heavy (non-hydrogen) atoms. The molecule has 6 nitrogen and oxygen atoms in total. The summed E-state index contributed by atoms with van der Waals surface area (Å²) in [5.74, 6) is -0.450. The van der Waals surface area contributed by atoms with E-state index in [0.717, 1.165) is 25.0 Å². The molecule has 0 aromatic heterocycles. The molecule has 3 rings (SSSR count). The standard InChI is InChI=1S/C17H23FN2O4S/c18-14-4-6-16(7-5-14)25(22,23)20-9-2-8-19(10-11-20)17(21)13-15-3-1-12-24-15/h4-7,15H,1-3,8-13H2. The maximum absolute atomic E-state index is 13.0. The van der Waals surface area contributed by atoms with E-state index in [2.05, 4.69) is 0 Å². The molecule has 1 amide bonds. The number of halogens is 1. The van der Waals surface area contributed by atoms with E-state index in [4.69, 9.17) is 4.74 Å². The van der Waals surface area contributed by atoms with Crippen LogP contribution in [-0.2, 0) is 19.6 Å². The van der Waals surface area contributed by atoms with Crippen molar-refractivity contribution in [2.75, 3.05) is 32.8 Å². The maximum Gasteiger partial charge on any atom is 0.243 e. The number of ether oxygens (including phenoxy) is 1. The van der Waals surface area contributed by atoms with E-state index in [1.807, 2.05) is 0 Å². The summed E-state index contributed by atoms with van der Waals surface area (Å²) in [6, 6.07) is 4.83. The molecule has 1 unspecified atom stereocenters. The molecule has 0 spiro atoms. The van der Waals surface area contributed by atoms with Crippen LogP contribution < -0.4 is 0 Å². The first-order chi connectivity index (χ1) is 12.0. The molecule has 2 fully saturated rings. The highest BCUT2D eigenvalue weighted by molar-refractivity contribution is 7.89. The molecular formula is C17H23FN2O4S. The van der Waals surface area contributed by atoms with Crippen LogP contribution in [-0.4, -0.2) is 62.4 Å². The zero-order valence-electron chi connectivity index (χ0n) is 14.1. The number of carbonyl (C=O) groups excluding carboxylic acids is 1. The number of nitrogens with zero attached hydrogens (tertiary/aromatic N) is 2. The van der Waals surface area contributed by atoms with Gasteiger partial charge in [0.1, 0.15) is 5.82 Å². The smallest absolute Gasteiger partial charge is 0.243 e.